The van der Waals surface area contributed by atoms with E-state index >= 15 is 0 Å². The summed E-state index contributed by atoms with van der Waals surface area (Å²) in [6.07, 6.45) is 2.30. The second-order valence-electron chi connectivity index (χ2n) is 7.40. The fourth-order valence-electron chi connectivity index (χ4n) is 3.99. The van der Waals surface area contributed by atoms with Crippen LogP contribution in [0.2, 0.25) is 0 Å². The van der Waals surface area contributed by atoms with Crippen LogP contribution in [0.15, 0.2) is 103 Å². The summed E-state index contributed by atoms with van der Waals surface area (Å²) in [6.45, 7) is 1.78. The second kappa shape index (κ2) is 11.1. The summed E-state index contributed by atoms with van der Waals surface area (Å²) in [7, 11) is 9.87. The van der Waals surface area contributed by atoms with E-state index in [1.807, 2.05) is 0 Å². The van der Waals surface area contributed by atoms with Crippen molar-refractivity contribution in [3.05, 3.63) is 132 Å². The predicted octanol–water partition coefficient (Wildman–Crippen LogP) is 7.85. The predicted molar refractivity (Wildman–Crippen MR) is 129 cm³/mol. The van der Waals surface area contributed by atoms with Crippen molar-refractivity contribution in [1.29, 1.82) is 0 Å². The molecule has 0 fully saturated rings. The molecule has 0 amide bonds. The number of benzene rings is 4. The Morgan fingerprint density at radius 3 is 1.71 bits per heavy atom. The first kappa shape index (κ1) is 22.3. The number of fused-ring (bicyclic) bond motifs is 3. The van der Waals surface area contributed by atoms with Gasteiger partial charge in [0.1, 0.15) is 0 Å². The minimum atomic E-state index is -0.826. The van der Waals surface area contributed by atoms with E-state index in [4.69, 9.17) is 17.0 Å². The van der Waals surface area contributed by atoms with E-state index in [1.165, 1.54) is 39.1 Å². The van der Waals surface area contributed by atoms with Crippen molar-refractivity contribution in [3.8, 4) is 11.1 Å². The number of nitrogens with zero attached hydrogens (tertiary/aromatic N) is 1. The molecular formula is C27H22Cl2NZr. The molecule has 5 rings (SSSR count). The summed E-state index contributed by atoms with van der Waals surface area (Å²) in [6, 6.07) is 36.9. The summed E-state index contributed by atoms with van der Waals surface area (Å²) in [5.74, 6) is 0. The average molecular weight is 523 g/mol. The molecule has 0 bridgehead atoms. The Balaban J connectivity index is 0.000000730. The van der Waals surface area contributed by atoms with Gasteiger partial charge >= 0.3 is 37.9 Å². The topological polar surface area (TPSA) is 3.24 Å². The molecule has 0 aliphatic heterocycles. The van der Waals surface area contributed by atoms with Crippen molar-refractivity contribution >= 4 is 22.7 Å². The number of anilines is 1. The van der Waals surface area contributed by atoms with Crippen LogP contribution in [0.25, 0.3) is 11.1 Å². The van der Waals surface area contributed by atoms with Gasteiger partial charge < -0.3 is 4.90 Å². The summed E-state index contributed by atoms with van der Waals surface area (Å²) >= 11 is -0.826. The maximum atomic E-state index is 4.93. The van der Waals surface area contributed by atoms with Gasteiger partial charge in [-0.15, -0.1) is 0 Å². The van der Waals surface area contributed by atoms with Crippen molar-refractivity contribution in [1.82, 2.24) is 0 Å². The molecule has 1 aliphatic carbocycles. The zero-order valence-electron chi connectivity index (χ0n) is 17.0. The number of hydrogen-bond donors (Lipinski definition) is 0. The molecule has 0 heterocycles. The first-order valence-electron chi connectivity index (χ1n) is 10.2. The molecule has 0 saturated heterocycles. The van der Waals surface area contributed by atoms with Crippen LogP contribution in [0.3, 0.4) is 0 Å². The van der Waals surface area contributed by atoms with Crippen LogP contribution >= 0.6 is 17.0 Å². The van der Waals surface area contributed by atoms with Gasteiger partial charge in [0, 0.05) is 25.2 Å². The van der Waals surface area contributed by atoms with Crippen LogP contribution in [0, 0.1) is 6.42 Å². The molecule has 0 N–H and O–H groups in total. The first-order valence-corrected chi connectivity index (χ1v) is 16.5. The van der Waals surface area contributed by atoms with Gasteiger partial charge in [0.05, 0.1) is 0 Å². The maximum absolute atomic E-state index is 4.93. The average Bonchev–Trinajstić information content (AvgIpc) is 3.18. The van der Waals surface area contributed by atoms with Crippen molar-refractivity contribution in [2.45, 2.75) is 13.1 Å². The van der Waals surface area contributed by atoms with Crippen LogP contribution in [0.1, 0.15) is 22.3 Å². The molecule has 4 heteroatoms. The fourth-order valence-corrected chi connectivity index (χ4v) is 3.99. The van der Waals surface area contributed by atoms with Gasteiger partial charge in [-0.05, 0) is 45.5 Å². The van der Waals surface area contributed by atoms with Crippen molar-refractivity contribution < 1.29 is 20.8 Å². The molecule has 0 atom stereocenters. The number of hydrogen-bond acceptors (Lipinski definition) is 1. The van der Waals surface area contributed by atoms with Crippen molar-refractivity contribution in [2.24, 2.45) is 0 Å². The van der Waals surface area contributed by atoms with Crippen LogP contribution in [0.4, 0.5) is 5.69 Å². The molecule has 0 unspecified atom stereocenters. The van der Waals surface area contributed by atoms with E-state index in [2.05, 4.69) is 114 Å². The zero-order valence-corrected chi connectivity index (χ0v) is 21.0. The van der Waals surface area contributed by atoms with Crippen molar-refractivity contribution in [2.75, 3.05) is 4.90 Å². The van der Waals surface area contributed by atoms with Crippen LogP contribution in [0.5, 0.6) is 0 Å². The normalized spacial score (nSPS) is 11.0. The third kappa shape index (κ3) is 5.69. The molecule has 0 spiro atoms. The zero-order chi connectivity index (χ0) is 21.5. The van der Waals surface area contributed by atoms with Crippen LogP contribution in [-0.4, -0.2) is 0 Å². The Labute approximate surface area is 203 Å². The molecular weight excluding hydrogens is 500 g/mol. The van der Waals surface area contributed by atoms with E-state index in [0.717, 1.165) is 13.1 Å². The first-order chi connectivity index (χ1) is 15.3. The molecule has 1 nitrogen and oxygen atoms in total. The van der Waals surface area contributed by atoms with Gasteiger partial charge in [0.15, 0.2) is 0 Å². The standard InChI is InChI=1S/C27H22N.2ClH.Zr/c1-3-9-21(10-4-1)19-28(20-22-11-5-2-6-12-22)25-15-16-27-24(18-25)17-23-13-7-8-14-26(23)27;;;/h1-18H,19-20H2;2*1H;/q;;;+2/p-2. The van der Waals surface area contributed by atoms with E-state index in [9.17, 15) is 0 Å². The van der Waals surface area contributed by atoms with Gasteiger partial charge in [-0.1, -0.05) is 91.0 Å². The van der Waals surface area contributed by atoms with E-state index in [-0.39, 0.29) is 0 Å². The molecule has 31 heavy (non-hydrogen) atoms. The minimum absolute atomic E-state index is 0.826. The molecule has 153 valence electrons. The van der Waals surface area contributed by atoms with Gasteiger partial charge in [-0.3, -0.25) is 0 Å². The van der Waals surface area contributed by atoms with Crippen LogP contribution < -0.4 is 4.90 Å². The Kier molecular flexibility index (Phi) is 8.03. The van der Waals surface area contributed by atoms with Gasteiger partial charge in [-0.2, -0.15) is 0 Å². The number of halogens is 2. The molecule has 0 aromatic heterocycles. The molecule has 4 aromatic carbocycles. The van der Waals surface area contributed by atoms with Crippen LogP contribution in [-0.2, 0) is 33.9 Å². The SMILES string of the molecule is [CH]1c2ccccc2-c2ccc(N(Cc3ccccc3)Cc3ccccc3)cc21.[Cl][Zr][Cl]. The Morgan fingerprint density at radius 1 is 0.581 bits per heavy atom. The van der Waals surface area contributed by atoms with E-state index in [0.29, 0.717) is 0 Å². The fraction of sp³-hybridized carbons (Fsp3) is 0.0741. The Morgan fingerprint density at radius 2 is 1.10 bits per heavy atom. The quantitative estimate of drug-likeness (QED) is 0.227. The second-order valence-corrected chi connectivity index (χ2v) is 11.1. The third-order valence-electron chi connectivity index (χ3n) is 5.39. The van der Waals surface area contributed by atoms with Gasteiger partial charge in [0.2, 0.25) is 0 Å². The van der Waals surface area contributed by atoms with Gasteiger partial charge in [0.25, 0.3) is 0 Å². The Bertz CT molecular complexity index is 1070. The molecule has 0 saturated carbocycles. The summed E-state index contributed by atoms with van der Waals surface area (Å²) in [4.78, 5) is 2.46. The van der Waals surface area contributed by atoms with Crippen molar-refractivity contribution in [3.63, 3.8) is 0 Å². The summed E-state index contributed by atoms with van der Waals surface area (Å²) < 4.78 is 0. The summed E-state index contributed by atoms with van der Waals surface area (Å²) in [5, 5.41) is 0. The Hall–Kier alpha value is -1.86. The van der Waals surface area contributed by atoms with E-state index < -0.39 is 20.8 Å². The molecule has 4 aromatic rings. The monoisotopic (exact) mass is 520 g/mol. The molecule has 1 radical (unpaired) electrons. The van der Waals surface area contributed by atoms with Gasteiger partial charge in [-0.25, -0.2) is 0 Å². The summed E-state index contributed by atoms with van der Waals surface area (Å²) in [5.41, 5.74) is 9.20. The van der Waals surface area contributed by atoms with E-state index in [1.54, 1.807) is 0 Å². The molecule has 1 aliphatic rings. The third-order valence-corrected chi connectivity index (χ3v) is 5.39. The number of rotatable bonds is 5.